The highest BCUT2D eigenvalue weighted by Gasteiger charge is 2.18. The Kier molecular flexibility index (Phi) is 5.13. The second-order valence-electron chi connectivity index (χ2n) is 6.86. The Hall–Kier alpha value is -2.73. The molecule has 0 aliphatic carbocycles. The zero-order chi connectivity index (χ0) is 19.7. The second-order valence-corrected chi connectivity index (χ2v) is 8.22. The molecule has 1 aliphatic rings. The molecule has 28 heavy (non-hydrogen) atoms. The number of nitrogens with one attached hydrogen (secondary N) is 1. The van der Waals surface area contributed by atoms with Crippen LogP contribution in [0.15, 0.2) is 47.5 Å². The number of carbonyl (C=O) groups excluding carboxylic acids is 1. The molecule has 0 spiro atoms. The second kappa shape index (κ2) is 7.72. The van der Waals surface area contributed by atoms with E-state index < -0.39 is 0 Å². The van der Waals surface area contributed by atoms with Crippen molar-refractivity contribution in [3.8, 4) is 11.5 Å². The molecule has 0 unspecified atom stereocenters. The summed E-state index contributed by atoms with van der Waals surface area (Å²) in [4.78, 5) is 17.4. The highest BCUT2D eigenvalue weighted by atomic mass is 32.2. The van der Waals surface area contributed by atoms with Gasteiger partial charge in [-0.15, -0.1) is 0 Å². The van der Waals surface area contributed by atoms with Crippen LogP contribution in [-0.2, 0) is 4.79 Å². The molecule has 0 fully saturated rings. The zero-order valence-corrected chi connectivity index (χ0v) is 16.9. The molecule has 2 heterocycles. The molecule has 0 saturated carbocycles. The number of hydrogen-bond donors (Lipinski definition) is 1. The SMILES string of the molecule is Cc1cc(S[C@@H](C)C(=O)Nc2ccc3c(c2)OCCO3)nc2c(C)cccc12. The van der Waals surface area contributed by atoms with Crippen molar-refractivity contribution in [2.45, 2.75) is 31.0 Å². The minimum absolute atomic E-state index is 0.0778. The number of rotatable bonds is 4. The van der Waals surface area contributed by atoms with Crippen LogP contribution < -0.4 is 14.8 Å². The molecule has 4 rings (SSSR count). The fourth-order valence-electron chi connectivity index (χ4n) is 3.19. The first kappa shape index (κ1) is 18.6. The summed E-state index contributed by atoms with van der Waals surface area (Å²) in [5.74, 6) is 1.29. The van der Waals surface area contributed by atoms with Gasteiger partial charge >= 0.3 is 0 Å². The number of anilines is 1. The predicted molar refractivity (Wildman–Crippen MR) is 113 cm³/mol. The zero-order valence-electron chi connectivity index (χ0n) is 16.1. The first-order valence-electron chi connectivity index (χ1n) is 9.25. The van der Waals surface area contributed by atoms with Crippen molar-refractivity contribution in [3.63, 3.8) is 0 Å². The van der Waals surface area contributed by atoms with E-state index in [0.29, 0.717) is 30.4 Å². The van der Waals surface area contributed by atoms with Crippen LogP contribution in [0.2, 0.25) is 0 Å². The van der Waals surface area contributed by atoms with E-state index in [9.17, 15) is 4.79 Å². The van der Waals surface area contributed by atoms with Crippen LogP contribution in [0, 0.1) is 13.8 Å². The lowest BCUT2D eigenvalue weighted by Crippen LogP contribution is -2.23. The van der Waals surface area contributed by atoms with Gasteiger partial charge in [0, 0.05) is 17.1 Å². The molecule has 3 aromatic rings. The minimum Gasteiger partial charge on any atom is -0.486 e. The van der Waals surface area contributed by atoms with Crippen molar-refractivity contribution in [2.75, 3.05) is 18.5 Å². The van der Waals surface area contributed by atoms with E-state index in [0.717, 1.165) is 27.1 Å². The maximum atomic E-state index is 12.7. The highest BCUT2D eigenvalue weighted by molar-refractivity contribution is 8.00. The summed E-state index contributed by atoms with van der Waals surface area (Å²) in [5, 5.41) is 4.66. The van der Waals surface area contributed by atoms with Crippen LogP contribution in [0.3, 0.4) is 0 Å². The van der Waals surface area contributed by atoms with Crippen LogP contribution in [0.5, 0.6) is 11.5 Å². The standard InChI is InChI=1S/C22H22N2O3S/c1-13-5-4-6-17-14(2)11-20(24-21(13)17)28-15(3)22(25)23-16-7-8-18-19(12-16)27-10-9-26-18/h4-8,11-12,15H,9-10H2,1-3H3,(H,23,25)/t15-/m0/s1. The van der Waals surface area contributed by atoms with Gasteiger partial charge in [0.05, 0.1) is 15.8 Å². The number of benzene rings is 2. The predicted octanol–water partition coefficient (Wildman–Crippen LogP) is 4.74. The average molecular weight is 394 g/mol. The molecule has 144 valence electrons. The van der Waals surface area contributed by atoms with Crippen molar-refractivity contribution >= 4 is 34.3 Å². The van der Waals surface area contributed by atoms with Gasteiger partial charge in [-0.3, -0.25) is 4.79 Å². The fourth-order valence-corrected chi connectivity index (χ4v) is 4.11. The summed E-state index contributed by atoms with van der Waals surface area (Å²) >= 11 is 1.46. The smallest absolute Gasteiger partial charge is 0.237 e. The average Bonchev–Trinajstić information content (AvgIpc) is 2.69. The van der Waals surface area contributed by atoms with E-state index in [2.05, 4.69) is 31.3 Å². The number of fused-ring (bicyclic) bond motifs is 2. The topological polar surface area (TPSA) is 60.5 Å². The Balaban J connectivity index is 1.49. The lowest BCUT2D eigenvalue weighted by Gasteiger charge is -2.19. The third kappa shape index (κ3) is 3.78. The minimum atomic E-state index is -0.290. The van der Waals surface area contributed by atoms with Crippen LogP contribution in [0.1, 0.15) is 18.1 Å². The van der Waals surface area contributed by atoms with Crippen molar-refractivity contribution in [3.05, 3.63) is 53.6 Å². The summed E-state index contributed by atoms with van der Waals surface area (Å²) in [5.41, 5.74) is 3.98. The molecular weight excluding hydrogens is 372 g/mol. The molecule has 1 amide bonds. The number of amides is 1. The molecule has 6 heteroatoms. The number of para-hydroxylation sites is 1. The summed E-state index contributed by atoms with van der Waals surface area (Å²) in [7, 11) is 0. The van der Waals surface area contributed by atoms with Crippen molar-refractivity contribution < 1.29 is 14.3 Å². The van der Waals surface area contributed by atoms with Gasteiger partial charge < -0.3 is 14.8 Å². The largest absolute Gasteiger partial charge is 0.486 e. The normalized spacial score (nSPS) is 14.0. The Morgan fingerprint density at radius 1 is 1.07 bits per heavy atom. The number of nitrogens with zero attached hydrogens (tertiary/aromatic N) is 1. The molecule has 0 saturated heterocycles. The lowest BCUT2D eigenvalue weighted by atomic mass is 10.1. The van der Waals surface area contributed by atoms with Crippen LogP contribution in [0.25, 0.3) is 10.9 Å². The molecule has 1 aromatic heterocycles. The van der Waals surface area contributed by atoms with Gasteiger partial charge in [0.2, 0.25) is 5.91 Å². The third-order valence-electron chi connectivity index (χ3n) is 4.70. The van der Waals surface area contributed by atoms with E-state index in [4.69, 9.17) is 14.5 Å². The van der Waals surface area contributed by atoms with Crippen LogP contribution >= 0.6 is 11.8 Å². The molecule has 0 bridgehead atoms. The van der Waals surface area contributed by atoms with E-state index in [1.807, 2.05) is 31.2 Å². The van der Waals surface area contributed by atoms with Crippen molar-refractivity contribution in [1.82, 2.24) is 4.98 Å². The Labute approximate surface area is 168 Å². The van der Waals surface area contributed by atoms with Gasteiger partial charge in [0.25, 0.3) is 0 Å². The summed E-state index contributed by atoms with van der Waals surface area (Å²) < 4.78 is 11.1. The van der Waals surface area contributed by atoms with Gasteiger partial charge in [-0.2, -0.15) is 0 Å². The van der Waals surface area contributed by atoms with Crippen LogP contribution in [0.4, 0.5) is 5.69 Å². The fraction of sp³-hybridized carbons (Fsp3) is 0.273. The summed E-state index contributed by atoms with van der Waals surface area (Å²) in [6, 6.07) is 13.7. The first-order valence-corrected chi connectivity index (χ1v) is 10.1. The number of ether oxygens (including phenoxy) is 2. The Morgan fingerprint density at radius 2 is 1.86 bits per heavy atom. The molecule has 1 atom stereocenters. The van der Waals surface area contributed by atoms with E-state index in [-0.39, 0.29) is 11.2 Å². The Morgan fingerprint density at radius 3 is 2.68 bits per heavy atom. The van der Waals surface area contributed by atoms with Crippen molar-refractivity contribution in [2.24, 2.45) is 0 Å². The van der Waals surface area contributed by atoms with Crippen molar-refractivity contribution in [1.29, 1.82) is 0 Å². The maximum absolute atomic E-state index is 12.7. The summed E-state index contributed by atoms with van der Waals surface area (Å²) in [6.07, 6.45) is 0. The first-order chi connectivity index (χ1) is 13.5. The van der Waals surface area contributed by atoms with E-state index >= 15 is 0 Å². The number of hydrogen-bond acceptors (Lipinski definition) is 5. The summed E-state index contributed by atoms with van der Waals surface area (Å²) in [6.45, 7) is 7.08. The molecule has 0 radical (unpaired) electrons. The molecule has 1 aliphatic heterocycles. The van der Waals surface area contributed by atoms with E-state index in [1.165, 1.54) is 11.8 Å². The monoisotopic (exact) mass is 394 g/mol. The van der Waals surface area contributed by atoms with Gasteiger partial charge in [0.15, 0.2) is 11.5 Å². The molecule has 2 aromatic carbocycles. The van der Waals surface area contributed by atoms with E-state index in [1.54, 1.807) is 6.07 Å². The molecular formula is C22H22N2O3S. The third-order valence-corrected chi connectivity index (χ3v) is 5.72. The van der Waals surface area contributed by atoms with Gasteiger partial charge in [-0.1, -0.05) is 30.0 Å². The Bertz CT molecular complexity index is 1050. The van der Waals surface area contributed by atoms with Gasteiger partial charge in [-0.25, -0.2) is 4.98 Å². The number of aromatic nitrogens is 1. The number of aryl methyl sites for hydroxylation is 2. The lowest BCUT2D eigenvalue weighted by molar-refractivity contribution is -0.115. The quantitative estimate of drug-likeness (QED) is 0.648. The molecule has 5 nitrogen and oxygen atoms in total. The van der Waals surface area contributed by atoms with Gasteiger partial charge in [0.1, 0.15) is 13.2 Å². The maximum Gasteiger partial charge on any atom is 0.237 e. The van der Waals surface area contributed by atoms with Gasteiger partial charge in [-0.05, 0) is 50.1 Å². The number of pyridine rings is 1. The molecule has 1 N–H and O–H groups in total. The number of carbonyl (C=O) groups is 1. The van der Waals surface area contributed by atoms with Crippen LogP contribution in [-0.4, -0.2) is 29.4 Å². The highest BCUT2D eigenvalue weighted by Crippen LogP contribution is 2.33. The number of thioether (sulfide) groups is 1.